The molecule has 2 amide bonds. The Bertz CT molecular complexity index is 1360. The minimum atomic E-state index is -0.328. The number of benzene rings is 2. The number of anilines is 1. The average Bonchev–Trinajstić information content (AvgIpc) is 3.18. The summed E-state index contributed by atoms with van der Waals surface area (Å²) in [7, 11) is 1.76. The molecular formula is C28H29N5O2. The standard InChI is InChI=1S/C28H29N5O2/c1-32-17-14-25(31-32)27(34)30-24-12-3-2-11-23(24)28(35)33-16-6-7-20(13-18-33)19-22-9-4-8-21-10-5-15-29-26(21)22/h2-5,8-12,14-15,17,20H,6-7,13,16,18-19H2,1H3,(H,30,34). The highest BCUT2D eigenvalue weighted by atomic mass is 16.2. The van der Waals surface area contributed by atoms with Gasteiger partial charge in [0.2, 0.25) is 0 Å². The van der Waals surface area contributed by atoms with E-state index in [1.54, 1.807) is 36.1 Å². The number of carbonyl (C=O) groups excluding carboxylic acids is 2. The van der Waals surface area contributed by atoms with Crippen molar-refractivity contribution in [3.8, 4) is 0 Å². The van der Waals surface area contributed by atoms with Gasteiger partial charge in [0.15, 0.2) is 5.69 Å². The third-order valence-corrected chi connectivity index (χ3v) is 6.71. The van der Waals surface area contributed by atoms with E-state index in [0.29, 0.717) is 36.0 Å². The molecule has 7 nitrogen and oxygen atoms in total. The van der Waals surface area contributed by atoms with Crippen LogP contribution in [0.5, 0.6) is 0 Å². The average molecular weight is 468 g/mol. The van der Waals surface area contributed by atoms with E-state index in [0.717, 1.165) is 31.2 Å². The molecule has 1 N–H and O–H groups in total. The normalized spacial score (nSPS) is 16.1. The molecule has 4 aromatic rings. The van der Waals surface area contributed by atoms with Crippen molar-refractivity contribution in [2.75, 3.05) is 18.4 Å². The van der Waals surface area contributed by atoms with E-state index in [-0.39, 0.29) is 11.8 Å². The van der Waals surface area contributed by atoms with Crippen molar-refractivity contribution in [2.24, 2.45) is 13.0 Å². The number of amides is 2. The van der Waals surface area contributed by atoms with Crippen LogP contribution in [0.2, 0.25) is 0 Å². The molecule has 0 bridgehead atoms. The van der Waals surface area contributed by atoms with Gasteiger partial charge in [-0.3, -0.25) is 19.3 Å². The number of fused-ring (bicyclic) bond motifs is 1. The van der Waals surface area contributed by atoms with Crippen molar-refractivity contribution in [1.82, 2.24) is 19.7 Å². The fourth-order valence-electron chi connectivity index (χ4n) is 4.89. The summed E-state index contributed by atoms with van der Waals surface area (Å²) in [6.45, 7) is 1.41. The quantitative estimate of drug-likeness (QED) is 0.461. The number of pyridine rings is 1. The van der Waals surface area contributed by atoms with E-state index in [9.17, 15) is 9.59 Å². The maximum atomic E-state index is 13.5. The molecule has 7 heteroatoms. The molecule has 2 aromatic heterocycles. The third-order valence-electron chi connectivity index (χ3n) is 6.71. The Morgan fingerprint density at radius 2 is 1.86 bits per heavy atom. The van der Waals surface area contributed by atoms with Gasteiger partial charge >= 0.3 is 0 Å². The lowest BCUT2D eigenvalue weighted by Crippen LogP contribution is -2.33. The molecular weight excluding hydrogens is 438 g/mol. The van der Waals surface area contributed by atoms with Gasteiger partial charge < -0.3 is 10.2 Å². The first kappa shape index (κ1) is 22.8. The molecule has 0 saturated carbocycles. The van der Waals surface area contributed by atoms with Gasteiger partial charge in [-0.15, -0.1) is 0 Å². The van der Waals surface area contributed by atoms with Crippen molar-refractivity contribution >= 4 is 28.4 Å². The first-order chi connectivity index (χ1) is 17.1. The number of likely N-dealkylation sites (tertiary alicyclic amines) is 1. The number of hydrogen-bond donors (Lipinski definition) is 1. The highest BCUT2D eigenvalue weighted by Gasteiger charge is 2.24. The molecule has 0 radical (unpaired) electrons. The lowest BCUT2D eigenvalue weighted by molar-refractivity contribution is 0.0761. The second-order valence-corrected chi connectivity index (χ2v) is 9.16. The van der Waals surface area contributed by atoms with Crippen LogP contribution in [0.1, 0.15) is 45.7 Å². The zero-order chi connectivity index (χ0) is 24.2. The maximum absolute atomic E-state index is 13.5. The molecule has 1 aliphatic rings. The van der Waals surface area contributed by atoms with Crippen molar-refractivity contribution in [2.45, 2.75) is 25.7 Å². The second kappa shape index (κ2) is 10.1. The highest BCUT2D eigenvalue weighted by molar-refractivity contribution is 6.08. The van der Waals surface area contributed by atoms with Crippen LogP contribution in [0.25, 0.3) is 10.9 Å². The smallest absolute Gasteiger partial charge is 0.276 e. The molecule has 35 heavy (non-hydrogen) atoms. The first-order valence-electron chi connectivity index (χ1n) is 12.1. The molecule has 1 saturated heterocycles. The largest absolute Gasteiger partial charge is 0.339 e. The van der Waals surface area contributed by atoms with Crippen molar-refractivity contribution in [3.63, 3.8) is 0 Å². The van der Waals surface area contributed by atoms with Gasteiger partial charge in [-0.05, 0) is 61.4 Å². The minimum Gasteiger partial charge on any atom is -0.339 e. The van der Waals surface area contributed by atoms with Crippen LogP contribution in [0.4, 0.5) is 5.69 Å². The van der Waals surface area contributed by atoms with Crippen LogP contribution >= 0.6 is 0 Å². The fraction of sp³-hybridized carbons (Fsp3) is 0.286. The van der Waals surface area contributed by atoms with Gasteiger partial charge in [-0.1, -0.05) is 36.4 Å². The third kappa shape index (κ3) is 5.09. The molecule has 1 fully saturated rings. The summed E-state index contributed by atoms with van der Waals surface area (Å²) in [5, 5.41) is 8.18. The molecule has 1 unspecified atom stereocenters. The zero-order valence-corrected chi connectivity index (χ0v) is 19.9. The molecule has 5 rings (SSSR count). The first-order valence-corrected chi connectivity index (χ1v) is 12.1. The minimum absolute atomic E-state index is 0.0469. The topological polar surface area (TPSA) is 80.1 Å². The Kier molecular flexibility index (Phi) is 6.57. The maximum Gasteiger partial charge on any atom is 0.276 e. The highest BCUT2D eigenvalue weighted by Crippen LogP contribution is 2.27. The Balaban J connectivity index is 1.27. The van der Waals surface area contributed by atoms with Crippen LogP contribution in [0.3, 0.4) is 0 Å². The van der Waals surface area contributed by atoms with Crippen LogP contribution in [-0.4, -0.2) is 44.6 Å². The van der Waals surface area contributed by atoms with Crippen LogP contribution in [0, 0.1) is 5.92 Å². The predicted octanol–water partition coefficient (Wildman–Crippen LogP) is 4.71. The Hall–Kier alpha value is -4.00. The summed E-state index contributed by atoms with van der Waals surface area (Å²) in [5.74, 6) is 0.124. The van der Waals surface area contributed by atoms with Crippen molar-refractivity contribution in [1.29, 1.82) is 0 Å². The number of para-hydroxylation sites is 2. The summed E-state index contributed by atoms with van der Waals surface area (Å²) in [4.78, 5) is 32.6. The molecule has 2 aromatic carbocycles. The summed E-state index contributed by atoms with van der Waals surface area (Å²) >= 11 is 0. The summed E-state index contributed by atoms with van der Waals surface area (Å²) in [6, 6.07) is 19.3. The van der Waals surface area contributed by atoms with E-state index < -0.39 is 0 Å². The van der Waals surface area contributed by atoms with Gasteiger partial charge in [0.05, 0.1) is 16.8 Å². The van der Waals surface area contributed by atoms with E-state index in [1.165, 1.54) is 10.9 Å². The SMILES string of the molecule is Cn1ccc(C(=O)Nc2ccccc2C(=O)N2CCCC(Cc3cccc4cccnc34)CC2)n1. The lowest BCUT2D eigenvalue weighted by Gasteiger charge is -2.22. The van der Waals surface area contributed by atoms with Gasteiger partial charge in [-0.25, -0.2) is 0 Å². The van der Waals surface area contributed by atoms with E-state index >= 15 is 0 Å². The van der Waals surface area contributed by atoms with E-state index in [1.807, 2.05) is 29.3 Å². The Morgan fingerprint density at radius 3 is 2.71 bits per heavy atom. The number of nitrogens with one attached hydrogen (secondary N) is 1. The van der Waals surface area contributed by atoms with Gasteiger partial charge in [0.25, 0.3) is 11.8 Å². The van der Waals surface area contributed by atoms with Crippen LogP contribution < -0.4 is 5.32 Å². The van der Waals surface area contributed by atoms with Gasteiger partial charge in [0, 0.05) is 37.9 Å². The molecule has 1 atom stereocenters. The number of aryl methyl sites for hydroxylation is 1. The molecule has 0 spiro atoms. The monoisotopic (exact) mass is 467 g/mol. The number of carbonyl (C=O) groups is 2. The zero-order valence-electron chi connectivity index (χ0n) is 19.9. The molecule has 1 aliphatic heterocycles. The van der Waals surface area contributed by atoms with Crippen molar-refractivity contribution < 1.29 is 9.59 Å². The van der Waals surface area contributed by atoms with E-state index in [4.69, 9.17) is 0 Å². The fourth-order valence-corrected chi connectivity index (χ4v) is 4.89. The Labute approximate surface area is 204 Å². The van der Waals surface area contributed by atoms with Crippen LogP contribution in [-0.2, 0) is 13.5 Å². The van der Waals surface area contributed by atoms with Gasteiger partial charge in [-0.2, -0.15) is 5.10 Å². The summed E-state index contributed by atoms with van der Waals surface area (Å²) in [6.07, 6.45) is 7.50. The number of aromatic nitrogens is 3. The summed E-state index contributed by atoms with van der Waals surface area (Å²) < 4.78 is 1.58. The molecule has 3 heterocycles. The molecule has 178 valence electrons. The number of nitrogens with zero attached hydrogens (tertiary/aromatic N) is 4. The van der Waals surface area contributed by atoms with E-state index in [2.05, 4.69) is 39.7 Å². The van der Waals surface area contributed by atoms with Crippen molar-refractivity contribution in [3.05, 3.63) is 89.9 Å². The number of hydrogen-bond acceptors (Lipinski definition) is 4. The van der Waals surface area contributed by atoms with Gasteiger partial charge in [0.1, 0.15) is 0 Å². The molecule has 0 aliphatic carbocycles. The summed E-state index contributed by atoms with van der Waals surface area (Å²) in [5.41, 5.74) is 3.68. The second-order valence-electron chi connectivity index (χ2n) is 9.16. The lowest BCUT2D eigenvalue weighted by atomic mass is 9.91. The predicted molar refractivity (Wildman–Crippen MR) is 136 cm³/mol. The Morgan fingerprint density at radius 1 is 1.00 bits per heavy atom. The van der Waals surface area contributed by atoms with Crippen LogP contribution in [0.15, 0.2) is 73.1 Å². The number of rotatable bonds is 5.